The summed E-state index contributed by atoms with van der Waals surface area (Å²) in [6, 6.07) is 4.03. The molecule has 2 aromatic rings. The summed E-state index contributed by atoms with van der Waals surface area (Å²) < 4.78 is 0. The molecule has 10 heteroatoms. The molecule has 30 heavy (non-hydrogen) atoms. The smallest absolute Gasteiger partial charge is 0.215 e. The second-order valence-corrected chi connectivity index (χ2v) is 9.85. The van der Waals surface area contributed by atoms with E-state index < -0.39 is 7.92 Å². The highest BCUT2D eigenvalue weighted by Crippen LogP contribution is 2.33. The summed E-state index contributed by atoms with van der Waals surface area (Å²) in [5.74, 6) is 1.82. The number of hydrogen-bond donors (Lipinski definition) is 2. The standard InChI is InChI=1S/C20H31N8OP/c1-5-30(4)20-24-18(21)17(22-2)19(25-20)28(14-29)13-15-6-7-16(23-12-15)27-10-8-26(3)9-11-27/h6-7,12,14,22H,5,8-11,13H2,1-4H3,(H2,21,24,25)/t30-/m1/s1. The molecule has 9 nitrogen and oxygen atoms in total. The molecule has 162 valence electrons. The van der Waals surface area contributed by atoms with Crippen molar-refractivity contribution >= 4 is 43.0 Å². The van der Waals surface area contributed by atoms with E-state index in [0.29, 0.717) is 29.4 Å². The van der Waals surface area contributed by atoms with E-state index in [4.69, 9.17) is 5.73 Å². The normalized spacial score (nSPS) is 15.7. The fourth-order valence-electron chi connectivity index (χ4n) is 3.31. The molecular weight excluding hydrogens is 399 g/mol. The first-order chi connectivity index (χ1) is 14.5. The molecule has 0 bridgehead atoms. The van der Waals surface area contributed by atoms with Gasteiger partial charge in [-0.15, -0.1) is 0 Å². The van der Waals surface area contributed by atoms with Crippen LogP contribution in [-0.4, -0.2) is 79.4 Å². The van der Waals surface area contributed by atoms with Crippen LogP contribution in [0.15, 0.2) is 18.3 Å². The van der Waals surface area contributed by atoms with Gasteiger partial charge >= 0.3 is 0 Å². The van der Waals surface area contributed by atoms with Crippen molar-refractivity contribution in [2.75, 3.05) is 74.0 Å². The summed E-state index contributed by atoms with van der Waals surface area (Å²) in [5, 5.41) is 3.03. The number of rotatable bonds is 8. The number of nitrogen functional groups attached to an aromatic ring is 1. The topological polar surface area (TPSA) is 104 Å². The summed E-state index contributed by atoms with van der Waals surface area (Å²) in [6.07, 6.45) is 3.56. The summed E-state index contributed by atoms with van der Waals surface area (Å²) in [6.45, 7) is 8.57. The number of nitrogens with one attached hydrogen (secondary N) is 1. The number of pyridine rings is 1. The second kappa shape index (κ2) is 10.00. The molecule has 3 heterocycles. The Morgan fingerprint density at radius 1 is 1.27 bits per heavy atom. The highest BCUT2D eigenvalue weighted by atomic mass is 31.1. The molecule has 0 radical (unpaired) electrons. The first-order valence-electron chi connectivity index (χ1n) is 10.1. The molecule has 0 saturated carbocycles. The Morgan fingerprint density at radius 2 is 2.00 bits per heavy atom. The molecule has 1 aliphatic heterocycles. The predicted molar refractivity (Wildman–Crippen MR) is 125 cm³/mol. The third kappa shape index (κ3) is 4.96. The van der Waals surface area contributed by atoms with Gasteiger partial charge in [0.2, 0.25) is 6.41 Å². The number of piperazine rings is 1. The van der Waals surface area contributed by atoms with Crippen LogP contribution >= 0.6 is 7.92 Å². The summed E-state index contributed by atoms with van der Waals surface area (Å²) in [4.78, 5) is 31.8. The highest BCUT2D eigenvalue weighted by molar-refractivity contribution is 7.64. The van der Waals surface area contributed by atoms with Gasteiger partial charge in [-0.25, -0.2) is 15.0 Å². The molecule has 0 spiro atoms. The Hall–Kier alpha value is -2.51. The molecule has 3 rings (SSSR count). The Labute approximate surface area is 179 Å². The molecule has 0 unspecified atom stereocenters. The van der Waals surface area contributed by atoms with Gasteiger partial charge in [0.1, 0.15) is 11.5 Å². The quantitative estimate of drug-likeness (QED) is 0.475. The maximum absolute atomic E-state index is 12.0. The molecular formula is C20H31N8OP. The molecule has 1 aliphatic rings. The molecule has 1 saturated heterocycles. The predicted octanol–water partition coefficient (Wildman–Crippen LogP) is 1.17. The Balaban J connectivity index is 1.81. The summed E-state index contributed by atoms with van der Waals surface area (Å²) in [5.41, 5.74) is 8.35. The van der Waals surface area contributed by atoms with Gasteiger partial charge < -0.3 is 20.9 Å². The lowest BCUT2D eigenvalue weighted by Gasteiger charge is -2.33. The molecule has 0 aromatic carbocycles. The zero-order valence-corrected chi connectivity index (χ0v) is 19.1. The van der Waals surface area contributed by atoms with Crippen molar-refractivity contribution in [1.82, 2.24) is 19.9 Å². The number of likely N-dealkylation sites (N-methyl/N-ethyl adjacent to an activating group) is 1. The van der Waals surface area contributed by atoms with Crippen LogP contribution in [0, 0.1) is 0 Å². The van der Waals surface area contributed by atoms with Crippen molar-refractivity contribution in [1.29, 1.82) is 0 Å². The molecule has 2 aromatic heterocycles. The van der Waals surface area contributed by atoms with Crippen LogP contribution in [0.25, 0.3) is 0 Å². The van der Waals surface area contributed by atoms with Gasteiger partial charge in [-0.05, 0) is 39.4 Å². The van der Waals surface area contributed by atoms with E-state index in [0.717, 1.165) is 50.1 Å². The van der Waals surface area contributed by atoms with Gasteiger partial charge in [0.05, 0.1) is 6.54 Å². The van der Waals surface area contributed by atoms with E-state index in [2.05, 4.69) is 50.7 Å². The largest absolute Gasteiger partial charge is 0.382 e. The van der Waals surface area contributed by atoms with Crippen molar-refractivity contribution in [3.05, 3.63) is 23.9 Å². The molecule has 0 aliphatic carbocycles. The van der Waals surface area contributed by atoms with Crippen molar-refractivity contribution in [3.63, 3.8) is 0 Å². The number of carbonyl (C=O) groups excluding carboxylic acids is 1. The number of hydrogen-bond acceptors (Lipinski definition) is 8. The number of anilines is 4. The van der Waals surface area contributed by atoms with Crippen LogP contribution in [0.3, 0.4) is 0 Å². The van der Waals surface area contributed by atoms with Crippen molar-refractivity contribution in [3.8, 4) is 0 Å². The highest BCUT2D eigenvalue weighted by Gasteiger charge is 2.20. The van der Waals surface area contributed by atoms with E-state index in [9.17, 15) is 4.79 Å². The van der Waals surface area contributed by atoms with E-state index in [1.54, 1.807) is 11.9 Å². The van der Waals surface area contributed by atoms with Crippen molar-refractivity contribution < 1.29 is 4.79 Å². The van der Waals surface area contributed by atoms with Crippen LogP contribution in [0.2, 0.25) is 0 Å². The SMILES string of the molecule is CC[P@@](C)c1nc(N)c(NC)c(N(C=O)Cc2ccc(N3CCN(C)CC3)nc2)n1. The van der Waals surface area contributed by atoms with Crippen molar-refractivity contribution in [2.24, 2.45) is 0 Å². The van der Waals surface area contributed by atoms with E-state index in [1.165, 1.54) is 0 Å². The average molecular weight is 430 g/mol. The van der Waals surface area contributed by atoms with Gasteiger partial charge in [0, 0.05) is 39.4 Å². The Morgan fingerprint density at radius 3 is 2.57 bits per heavy atom. The average Bonchev–Trinajstić information content (AvgIpc) is 2.77. The third-order valence-corrected chi connectivity index (χ3v) is 7.19. The minimum atomic E-state index is -0.521. The monoisotopic (exact) mass is 430 g/mol. The van der Waals surface area contributed by atoms with Gasteiger partial charge in [-0.3, -0.25) is 9.69 Å². The minimum absolute atomic E-state index is 0.357. The fourth-order valence-corrected chi connectivity index (χ4v) is 4.13. The second-order valence-electron chi connectivity index (χ2n) is 7.42. The lowest BCUT2D eigenvalue weighted by atomic mass is 10.2. The number of carbonyl (C=O) groups is 1. The first-order valence-corrected chi connectivity index (χ1v) is 12.1. The van der Waals surface area contributed by atoms with Crippen LogP contribution in [-0.2, 0) is 11.3 Å². The lowest BCUT2D eigenvalue weighted by Crippen LogP contribution is -2.44. The number of nitrogens with zero attached hydrogens (tertiary/aromatic N) is 6. The Bertz CT molecular complexity index is 855. The van der Waals surface area contributed by atoms with Crippen molar-refractivity contribution in [2.45, 2.75) is 13.5 Å². The maximum atomic E-state index is 12.0. The number of aromatic nitrogens is 3. The minimum Gasteiger partial charge on any atom is -0.382 e. The third-order valence-electron chi connectivity index (χ3n) is 5.36. The van der Waals surface area contributed by atoms with Crippen LogP contribution in [0.1, 0.15) is 12.5 Å². The van der Waals surface area contributed by atoms with Gasteiger partial charge in [-0.1, -0.05) is 13.0 Å². The Kier molecular flexibility index (Phi) is 7.39. The summed E-state index contributed by atoms with van der Waals surface area (Å²) >= 11 is 0. The van der Waals surface area contributed by atoms with Crippen LogP contribution < -0.4 is 26.4 Å². The zero-order chi connectivity index (χ0) is 21.7. The number of nitrogens with two attached hydrogens (primary N) is 1. The van der Waals surface area contributed by atoms with Crippen LogP contribution in [0.5, 0.6) is 0 Å². The van der Waals surface area contributed by atoms with E-state index in [1.807, 2.05) is 18.3 Å². The van der Waals surface area contributed by atoms with Gasteiger partial charge in [-0.2, -0.15) is 0 Å². The fraction of sp³-hybridized carbons (Fsp3) is 0.500. The lowest BCUT2D eigenvalue weighted by molar-refractivity contribution is -0.107. The molecule has 1 atom stereocenters. The van der Waals surface area contributed by atoms with Gasteiger partial charge in [0.15, 0.2) is 17.2 Å². The number of amides is 1. The van der Waals surface area contributed by atoms with Crippen LogP contribution in [0.4, 0.5) is 23.1 Å². The molecule has 3 N–H and O–H groups in total. The maximum Gasteiger partial charge on any atom is 0.215 e. The van der Waals surface area contributed by atoms with E-state index >= 15 is 0 Å². The summed E-state index contributed by atoms with van der Waals surface area (Å²) in [7, 11) is 3.36. The molecule has 1 fully saturated rings. The zero-order valence-electron chi connectivity index (χ0n) is 18.2. The van der Waals surface area contributed by atoms with Gasteiger partial charge in [0.25, 0.3) is 0 Å². The molecule has 1 amide bonds. The van der Waals surface area contributed by atoms with E-state index in [-0.39, 0.29) is 0 Å². The first kappa shape index (κ1) is 22.2.